The van der Waals surface area contributed by atoms with Crippen molar-refractivity contribution in [3.8, 4) is 0 Å². The Morgan fingerprint density at radius 3 is 1.80 bits per heavy atom. The van der Waals surface area contributed by atoms with Gasteiger partial charge in [-0.05, 0) is 41.7 Å². The maximum absolute atomic E-state index is 10.5. The van der Waals surface area contributed by atoms with Crippen LogP contribution in [0.4, 0.5) is 5.69 Å². The van der Waals surface area contributed by atoms with E-state index in [0.29, 0.717) is 0 Å². The van der Waals surface area contributed by atoms with Crippen molar-refractivity contribution in [3.05, 3.63) is 102 Å². The number of benzene rings is 3. The van der Waals surface area contributed by atoms with Gasteiger partial charge in [0.1, 0.15) is 0 Å². The lowest BCUT2D eigenvalue weighted by Crippen LogP contribution is -2.22. The largest absolute Gasteiger partial charge is 0.385 e. The minimum atomic E-state index is -0.596. The molecular formula is C23H23NO. The van der Waals surface area contributed by atoms with Crippen LogP contribution < -0.4 is 4.90 Å². The van der Waals surface area contributed by atoms with E-state index in [1.54, 1.807) is 0 Å². The summed E-state index contributed by atoms with van der Waals surface area (Å²) in [5.41, 5.74) is 4.17. The van der Waals surface area contributed by atoms with Crippen LogP contribution in [0, 0.1) is 0 Å². The van der Waals surface area contributed by atoms with Crippen LogP contribution >= 0.6 is 0 Å². The van der Waals surface area contributed by atoms with E-state index in [9.17, 15) is 5.11 Å². The summed E-state index contributed by atoms with van der Waals surface area (Å²) in [4.78, 5) is 2.37. The van der Waals surface area contributed by atoms with Crippen molar-refractivity contribution in [1.29, 1.82) is 0 Å². The maximum atomic E-state index is 10.5. The summed E-state index contributed by atoms with van der Waals surface area (Å²) in [5, 5.41) is 10.5. The molecule has 0 aromatic heterocycles. The van der Waals surface area contributed by atoms with Gasteiger partial charge < -0.3 is 10.0 Å². The van der Waals surface area contributed by atoms with E-state index in [0.717, 1.165) is 37.2 Å². The summed E-state index contributed by atoms with van der Waals surface area (Å²) >= 11 is 0. The minimum Gasteiger partial charge on any atom is -0.385 e. The second-order valence-corrected chi connectivity index (χ2v) is 6.91. The average molecular weight is 329 g/mol. The lowest BCUT2D eigenvalue weighted by atomic mass is 10.1. The summed E-state index contributed by atoms with van der Waals surface area (Å²) in [6, 6.07) is 29.5. The predicted molar refractivity (Wildman–Crippen MR) is 102 cm³/mol. The fourth-order valence-corrected chi connectivity index (χ4v) is 3.25. The standard InChI is InChI=1S/C23H23NO/c25-23(14-15-23)21-12-7-13-22(16-21)24(17-19-8-3-1-4-9-19)18-20-10-5-2-6-11-20/h1-13,16,25H,14-15,17-18H2. The monoisotopic (exact) mass is 329 g/mol. The van der Waals surface area contributed by atoms with Crippen LogP contribution in [-0.2, 0) is 18.7 Å². The minimum absolute atomic E-state index is 0.596. The van der Waals surface area contributed by atoms with Gasteiger partial charge in [0, 0.05) is 18.8 Å². The molecule has 1 fully saturated rings. The van der Waals surface area contributed by atoms with Crippen molar-refractivity contribution in [2.45, 2.75) is 31.5 Å². The smallest absolute Gasteiger partial charge is 0.0899 e. The van der Waals surface area contributed by atoms with Gasteiger partial charge >= 0.3 is 0 Å². The van der Waals surface area contributed by atoms with E-state index in [4.69, 9.17) is 0 Å². The van der Waals surface area contributed by atoms with Gasteiger partial charge in [-0.1, -0.05) is 72.8 Å². The lowest BCUT2D eigenvalue weighted by molar-refractivity contribution is 0.151. The van der Waals surface area contributed by atoms with Crippen LogP contribution in [0.1, 0.15) is 29.5 Å². The van der Waals surface area contributed by atoms with Gasteiger partial charge in [0.2, 0.25) is 0 Å². The van der Waals surface area contributed by atoms with Gasteiger partial charge in [-0.15, -0.1) is 0 Å². The van der Waals surface area contributed by atoms with Crippen molar-refractivity contribution in [2.24, 2.45) is 0 Å². The molecule has 2 nitrogen and oxygen atoms in total. The molecule has 1 saturated carbocycles. The Hall–Kier alpha value is -2.58. The Morgan fingerprint density at radius 2 is 1.28 bits per heavy atom. The first-order valence-corrected chi connectivity index (χ1v) is 8.89. The molecule has 0 bridgehead atoms. The third-order valence-corrected chi connectivity index (χ3v) is 4.90. The first-order valence-electron chi connectivity index (χ1n) is 8.89. The summed E-state index contributed by atoms with van der Waals surface area (Å²) in [6.07, 6.45) is 1.74. The highest BCUT2D eigenvalue weighted by atomic mass is 16.3. The summed E-state index contributed by atoms with van der Waals surface area (Å²) in [6.45, 7) is 1.69. The van der Waals surface area contributed by atoms with Crippen LogP contribution in [0.15, 0.2) is 84.9 Å². The molecule has 0 atom stereocenters. The number of hydrogen-bond donors (Lipinski definition) is 1. The van der Waals surface area contributed by atoms with Gasteiger partial charge in [0.15, 0.2) is 0 Å². The van der Waals surface area contributed by atoms with Crippen molar-refractivity contribution in [3.63, 3.8) is 0 Å². The zero-order valence-corrected chi connectivity index (χ0v) is 14.3. The fraction of sp³-hybridized carbons (Fsp3) is 0.217. The normalized spacial score (nSPS) is 14.9. The molecule has 0 radical (unpaired) electrons. The zero-order chi connectivity index (χ0) is 17.1. The molecule has 25 heavy (non-hydrogen) atoms. The summed E-state index contributed by atoms with van der Waals surface area (Å²) in [7, 11) is 0. The Labute approximate surface area is 149 Å². The summed E-state index contributed by atoms with van der Waals surface area (Å²) in [5.74, 6) is 0. The molecular weight excluding hydrogens is 306 g/mol. The number of hydrogen-bond acceptors (Lipinski definition) is 2. The molecule has 0 unspecified atom stereocenters. The molecule has 0 heterocycles. The number of nitrogens with zero attached hydrogens (tertiary/aromatic N) is 1. The maximum Gasteiger partial charge on any atom is 0.0899 e. The van der Waals surface area contributed by atoms with Crippen molar-refractivity contribution in [2.75, 3.05) is 4.90 Å². The molecule has 0 aliphatic heterocycles. The topological polar surface area (TPSA) is 23.5 Å². The molecule has 1 aliphatic rings. The third kappa shape index (κ3) is 3.75. The molecule has 2 heteroatoms. The van der Waals surface area contributed by atoms with Gasteiger partial charge in [0.25, 0.3) is 0 Å². The number of aliphatic hydroxyl groups is 1. The second-order valence-electron chi connectivity index (χ2n) is 6.91. The second kappa shape index (κ2) is 6.73. The van der Waals surface area contributed by atoms with E-state index in [1.807, 2.05) is 18.2 Å². The van der Waals surface area contributed by atoms with Crippen LogP contribution in [0.25, 0.3) is 0 Å². The van der Waals surface area contributed by atoms with E-state index in [2.05, 4.69) is 71.6 Å². The highest BCUT2D eigenvalue weighted by Crippen LogP contribution is 2.46. The quantitative estimate of drug-likeness (QED) is 0.697. The van der Waals surface area contributed by atoms with Crippen LogP contribution in [-0.4, -0.2) is 5.11 Å². The zero-order valence-electron chi connectivity index (χ0n) is 14.3. The Balaban J connectivity index is 1.64. The predicted octanol–water partition coefficient (Wildman–Crippen LogP) is 4.87. The van der Waals surface area contributed by atoms with Crippen LogP contribution in [0.3, 0.4) is 0 Å². The van der Waals surface area contributed by atoms with Crippen LogP contribution in [0.5, 0.6) is 0 Å². The number of anilines is 1. The fourth-order valence-electron chi connectivity index (χ4n) is 3.25. The van der Waals surface area contributed by atoms with E-state index in [-0.39, 0.29) is 0 Å². The molecule has 0 saturated heterocycles. The molecule has 0 spiro atoms. The third-order valence-electron chi connectivity index (χ3n) is 4.90. The molecule has 4 rings (SSSR count). The van der Waals surface area contributed by atoms with E-state index >= 15 is 0 Å². The first-order chi connectivity index (χ1) is 12.2. The highest BCUT2D eigenvalue weighted by Gasteiger charge is 2.42. The Kier molecular flexibility index (Phi) is 4.29. The van der Waals surface area contributed by atoms with Crippen molar-refractivity contribution < 1.29 is 5.11 Å². The first kappa shape index (κ1) is 15.9. The van der Waals surface area contributed by atoms with E-state index < -0.39 is 5.60 Å². The average Bonchev–Trinajstić information content (AvgIpc) is 3.42. The molecule has 3 aromatic carbocycles. The van der Waals surface area contributed by atoms with Gasteiger partial charge in [-0.2, -0.15) is 0 Å². The van der Waals surface area contributed by atoms with Crippen molar-refractivity contribution in [1.82, 2.24) is 0 Å². The molecule has 1 N–H and O–H groups in total. The number of rotatable bonds is 6. The van der Waals surface area contributed by atoms with Gasteiger partial charge in [-0.25, -0.2) is 0 Å². The highest BCUT2D eigenvalue weighted by molar-refractivity contribution is 5.51. The van der Waals surface area contributed by atoms with Gasteiger partial charge in [-0.3, -0.25) is 0 Å². The summed E-state index contributed by atoms with van der Waals surface area (Å²) < 4.78 is 0. The van der Waals surface area contributed by atoms with Crippen molar-refractivity contribution >= 4 is 5.69 Å². The molecule has 0 amide bonds. The Morgan fingerprint density at radius 1 is 0.720 bits per heavy atom. The lowest BCUT2D eigenvalue weighted by Gasteiger charge is -2.26. The molecule has 1 aliphatic carbocycles. The SMILES string of the molecule is OC1(c2cccc(N(Cc3ccccc3)Cc3ccccc3)c2)CC1. The Bertz CT molecular complexity index is 783. The van der Waals surface area contributed by atoms with Crippen LogP contribution in [0.2, 0.25) is 0 Å². The molecule has 3 aromatic rings. The van der Waals surface area contributed by atoms with Gasteiger partial charge in [0.05, 0.1) is 5.60 Å². The molecule has 126 valence electrons. The van der Waals surface area contributed by atoms with E-state index in [1.165, 1.54) is 11.1 Å².